The second-order valence-electron chi connectivity index (χ2n) is 5.05. The minimum atomic E-state index is -0.209. The Kier molecular flexibility index (Phi) is 4.03. The van der Waals surface area contributed by atoms with Crippen molar-refractivity contribution in [3.8, 4) is 11.3 Å². The molecule has 118 valence electrons. The molecule has 7 heteroatoms. The fraction of sp³-hybridized carbons (Fsp3) is 0. The van der Waals surface area contributed by atoms with Crippen LogP contribution in [0.4, 0.5) is 5.95 Å². The van der Waals surface area contributed by atoms with E-state index in [4.69, 9.17) is 0 Å². The Morgan fingerprint density at radius 2 is 1.83 bits per heavy atom. The van der Waals surface area contributed by atoms with Crippen molar-refractivity contribution in [2.24, 2.45) is 0 Å². The number of hydrogen-bond acceptors (Lipinski definition) is 4. The zero-order valence-electron chi connectivity index (χ0n) is 12.3. The van der Waals surface area contributed by atoms with Gasteiger partial charge >= 0.3 is 0 Å². The molecule has 0 aliphatic carbocycles. The number of nitrogens with one attached hydrogen (secondary N) is 1. The van der Waals surface area contributed by atoms with Gasteiger partial charge in [0.25, 0.3) is 11.9 Å². The van der Waals surface area contributed by atoms with Crippen LogP contribution in [-0.4, -0.2) is 20.5 Å². The van der Waals surface area contributed by atoms with Crippen LogP contribution in [0.15, 0.2) is 60.0 Å². The maximum atomic E-state index is 12.4. The van der Waals surface area contributed by atoms with Crippen molar-refractivity contribution in [2.45, 2.75) is 0 Å². The lowest BCUT2D eigenvalue weighted by Crippen LogP contribution is -2.14. The molecule has 0 atom stereocenters. The highest BCUT2D eigenvalue weighted by Crippen LogP contribution is 2.25. The van der Waals surface area contributed by atoms with E-state index in [0.29, 0.717) is 11.5 Å². The molecule has 0 aliphatic rings. The molecule has 1 amide bonds. The van der Waals surface area contributed by atoms with Gasteiger partial charge in [0, 0.05) is 14.5 Å². The van der Waals surface area contributed by atoms with Crippen molar-refractivity contribution in [3.63, 3.8) is 0 Å². The van der Waals surface area contributed by atoms with Crippen molar-refractivity contribution in [1.29, 1.82) is 0 Å². The summed E-state index contributed by atoms with van der Waals surface area (Å²) >= 11 is 3.63. The lowest BCUT2D eigenvalue weighted by molar-refractivity contribution is 0.102. The standard InChI is InChI=1S/C17H11IN4OS/c18-13-9-5-4-8-12(13)15(23)19-16-20-17-22(21-16)14(10-24-17)11-6-2-1-3-7-11/h1-10H,(H,19,21,23). The highest BCUT2D eigenvalue weighted by Gasteiger charge is 2.15. The van der Waals surface area contributed by atoms with Crippen LogP contribution in [0.25, 0.3) is 16.2 Å². The molecule has 4 rings (SSSR count). The Bertz CT molecular complexity index is 1030. The Balaban J connectivity index is 1.66. The van der Waals surface area contributed by atoms with Crippen molar-refractivity contribution < 1.29 is 4.79 Å². The van der Waals surface area contributed by atoms with Crippen LogP contribution >= 0.6 is 33.9 Å². The molecule has 0 bridgehead atoms. The number of amides is 1. The SMILES string of the molecule is O=C(Nc1nc2scc(-c3ccccc3)n2n1)c1ccccc1I. The van der Waals surface area contributed by atoms with Gasteiger partial charge < -0.3 is 0 Å². The number of carbonyl (C=O) groups is 1. The third-order valence-electron chi connectivity index (χ3n) is 3.49. The Morgan fingerprint density at radius 1 is 1.08 bits per heavy atom. The summed E-state index contributed by atoms with van der Waals surface area (Å²) in [5.74, 6) is 0.100. The van der Waals surface area contributed by atoms with Gasteiger partial charge in [0.15, 0.2) is 0 Å². The largest absolute Gasteiger partial charge is 0.289 e. The van der Waals surface area contributed by atoms with E-state index < -0.39 is 0 Å². The first-order chi connectivity index (χ1) is 11.7. The summed E-state index contributed by atoms with van der Waals surface area (Å²) in [6, 6.07) is 17.4. The fourth-order valence-electron chi connectivity index (χ4n) is 2.36. The van der Waals surface area contributed by atoms with Crippen molar-refractivity contribution in [3.05, 3.63) is 69.1 Å². The predicted octanol–water partition coefficient (Wildman–Crippen LogP) is 4.31. The van der Waals surface area contributed by atoms with E-state index in [1.807, 2.05) is 53.9 Å². The Morgan fingerprint density at radius 3 is 2.62 bits per heavy atom. The maximum Gasteiger partial charge on any atom is 0.259 e. The van der Waals surface area contributed by atoms with Gasteiger partial charge in [-0.25, -0.2) is 4.52 Å². The number of hydrogen-bond donors (Lipinski definition) is 1. The van der Waals surface area contributed by atoms with Gasteiger partial charge in [-0.1, -0.05) is 42.5 Å². The van der Waals surface area contributed by atoms with Crippen molar-refractivity contribution in [1.82, 2.24) is 14.6 Å². The molecule has 0 fully saturated rings. The lowest BCUT2D eigenvalue weighted by atomic mass is 10.2. The van der Waals surface area contributed by atoms with E-state index in [-0.39, 0.29) is 5.91 Å². The van der Waals surface area contributed by atoms with Crippen LogP contribution < -0.4 is 5.32 Å². The van der Waals surface area contributed by atoms with Gasteiger partial charge in [0.2, 0.25) is 4.96 Å². The number of benzene rings is 2. The monoisotopic (exact) mass is 446 g/mol. The van der Waals surface area contributed by atoms with Gasteiger partial charge in [0.1, 0.15) is 0 Å². The number of carbonyl (C=O) groups excluding carboxylic acids is 1. The van der Waals surface area contributed by atoms with Gasteiger partial charge in [-0.2, -0.15) is 4.98 Å². The quantitative estimate of drug-likeness (QED) is 0.477. The highest BCUT2D eigenvalue weighted by atomic mass is 127. The lowest BCUT2D eigenvalue weighted by Gasteiger charge is -2.03. The van der Waals surface area contributed by atoms with Gasteiger partial charge in [-0.05, 0) is 34.7 Å². The van der Waals surface area contributed by atoms with Crippen LogP contribution in [0, 0.1) is 3.57 Å². The summed E-state index contributed by atoms with van der Waals surface area (Å²) in [7, 11) is 0. The summed E-state index contributed by atoms with van der Waals surface area (Å²) in [5, 5.41) is 9.21. The molecule has 1 N–H and O–H groups in total. The topological polar surface area (TPSA) is 59.3 Å². The summed E-state index contributed by atoms with van der Waals surface area (Å²) < 4.78 is 2.64. The zero-order valence-corrected chi connectivity index (χ0v) is 15.3. The summed E-state index contributed by atoms with van der Waals surface area (Å²) in [5.41, 5.74) is 2.63. The smallest absolute Gasteiger partial charge is 0.259 e. The molecule has 0 radical (unpaired) electrons. The summed E-state index contributed by atoms with van der Waals surface area (Å²) in [6.45, 7) is 0. The molecule has 2 aromatic heterocycles. The molecule has 4 aromatic rings. The number of rotatable bonds is 3. The molecule has 0 aliphatic heterocycles. The van der Waals surface area contributed by atoms with Gasteiger partial charge in [-0.15, -0.1) is 16.4 Å². The first-order valence-electron chi connectivity index (χ1n) is 7.18. The first-order valence-corrected chi connectivity index (χ1v) is 9.14. The van der Waals surface area contributed by atoms with Crippen molar-refractivity contribution in [2.75, 3.05) is 5.32 Å². The van der Waals surface area contributed by atoms with E-state index >= 15 is 0 Å². The third kappa shape index (κ3) is 2.80. The zero-order chi connectivity index (χ0) is 16.5. The van der Waals surface area contributed by atoms with E-state index in [1.54, 1.807) is 10.6 Å². The van der Waals surface area contributed by atoms with Crippen LogP contribution in [0.3, 0.4) is 0 Å². The number of halogens is 1. The molecule has 0 saturated heterocycles. The summed E-state index contributed by atoms with van der Waals surface area (Å²) in [4.78, 5) is 17.5. The van der Waals surface area contributed by atoms with Crippen LogP contribution in [0.1, 0.15) is 10.4 Å². The molecular formula is C17H11IN4OS. The van der Waals surface area contributed by atoms with Gasteiger partial charge in [-0.3, -0.25) is 10.1 Å². The Labute approximate surface area is 155 Å². The van der Waals surface area contributed by atoms with E-state index in [9.17, 15) is 4.79 Å². The second-order valence-corrected chi connectivity index (χ2v) is 7.05. The number of fused-ring (bicyclic) bond motifs is 1. The molecule has 0 saturated carbocycles. The predicted molar refractivity (Wildman–Crippen MR) is 103 cm³/mol. The molecule has 2 heterocycles. The van der Waals surface area contributed by atoms with Crippen LogP contribution in [0.5, 0.6) is 0 Å². The first kappa shape index (κ1) is 15.3. The van der Waals surface area contributed by atoms with Crippen LogP contribution in [-0.2, 0) is 0 Å². The van der Waals surface area contributed by atoms with Crippen molar-refractivity contribution >= 4 is 50.7 Å². The fourth-order valence-corrected chi connectivity index (χ4v) is 3.82. The van der Waals surface area contributed by atoms with Gasteiger partial charge in [0.05, 0.1) is 11.3 Å². The molecule has 5 nitrogen and oxygen atoms in total. The number of aromatic nitrogens is 3. The molecular weight excluding hydrogens is 435 g/mol. The second kappa shape index (κ2) is 6.33. The van der Waals surface area contributed by atoms with Crippen LogP contribution in [0.2, 0.25) is 0 Å². The Hall–Kier alpha value is -2.26. The maximum absolute atomic E-state index is 12.4. The minimum Gasteiger partial charge on any atom is -0.289 e. The minimum absolute atomic E-state index is 0.209. The van der Waals surface area contributed by atoms with E-state index in [0.717, 1.165) is 19.8 Å². The van der Waals surface area contributed by atoms with E-state index in [1.165, 1.54) is 11.3 Å². The molecule has 0 unspecified atom stereocenters. The average molecular weight is 446 g/mol. The highest BCUT2D eigenvalue weighted by molar-refractivity contribution is 14.1. The number of anilines is 1. The normalized spacial score (nSPS) is 10.9. The number of thiazole rings is 1. The number of nitrogens with zero attached hydrogens (tertiary/aromatic N) is 3. The van der Waals surface area contributed by atoms with E-state index in [2.05, 4.69) is 38.0 Å². The summed E-state index contributed by atoms with van der Waals surface area (Å²) in [6.07, 6.45) is 0. The third-order valence-corrected chi connectivity index (χ3v) is 5.25. The molecule has 24 heavy (non-hydrogen) atoms. The average Bonchev–Trinajstić information content (AvgIpc) is 3.16. The molecule has 2 aromatic carbocycles. The molecule has 0 spiro atoms.